The van der Waals surface area contributed by atoms with Crippen LogP contribution in [0, 0.1) is 5.92 Å². The summed E-state index contributed by atoms with van der Waals surface area (Å²) in [7, 11) is 0. The summed E-state index contributed by atoms with van der Waals surface area (Å²) < 4.78 is 13.9. The maximum Gasteiger partial charge on any atom is 0.118 e. The van der Waals surface area contributed by atoms with Crippen molar-refractivity contribution >= 4 is 30.1 Å². The summed E-state index contributed by atoms with van der Waals surface area (Å²) in [5, 5.41) is 7.28. The second-order valence-corrected chi connectivity index (χ2v) is 9.49. The van der Waals surface area contributed by atoms with E-state index in [0.29, 0.717) is 12.5 Å². The number of nitrogens with zero attached hydrogens (tertiary/aromatic N) is 1. The maximum atomic E-state index is 13.9. The molecule has 0 aromatic heterocycles. The van der Waals surface area contributed by atoms with E-state index < -0.39 is 5.67 Å². The van der Waals surface area contributed by atoms with Crippen LogP contribution in [0.4, 0.5) is 10.1 Å². The topological polar surface area (TPSA) is 15.3 Å². The molecule has 30 heavy (non-hydrogen) atoms. The summed E-state index contributed by atoms with van der Waals surface area (Å²) >= 11 is 1.52. The standard InChI is InChI=1S/C26H35FN2S/c1-8-22(21(5)30-9-2)16-24-17-25(11-10-19(24)3)28-20(4)23-12-14-29(15-13-23)18-26(6,7)27/h8-11,16-17,23,28H,2-5,12-15,18H2,1,6-7H3/b22-8?,24-16-. The molecule has 1 heterocycles. The van der Waals surface area contributed by atoms with Gasteiger partial charge in [-0.15, -0.1) is 0 Å². The van der Waals surface area contributed by atoms with Gasteiger partial charge in [0.25, 0.3) is 0 Å². The second-order valence-electron chi connectivity index (χ2n) is 8.43. The Hall–Kier alpha value is -2.04. The third kappa shape index (κ3) is 7.33. The summed E-state index contributed by atoms with van der Waals surface area (Å²) in [6, 6.07) is 6.15. The minimum Gasteiger partial charge on any atom is -0.359 e. The highest BCUT2D eigenvalue weighted by atomic mass is 32.2. The molecule has 0 aliphatic carbocycles. The lowest BCUT2D eigenvalue weighted by molar-refractivity contribution is 0.101. The SMILES string of the molecule is C=CSC(=C)C(=CC)/C=c1/cc(NC(=C)C2CCN(CC(C)(C)F)CC2)ccc1=C. The van der Waals surface area contributed by atoms with Crippen LogP contribution in [0.15, 0.2) is 65.6 Å². The van der Waals surface area contributed by atoms with E-state index in [9.17, 15) is 4.39 Å². The van der Waals surface area contributed by atoms with E-state index in [-0.39, 0.29) is 0 Å². The largest absolute Gasteiger partial charge is 0.359 e. The third-order valence-corrected chi connectivity index (χ3v) is 5.99. The first-order valence-corrected chi connectivity index (χ1v) is 11.3. The highest BCUT2D eigenvalue weighted by Crippen LogP contribution is 2.26. The van der Waals surface area contributed by atoms with E-state index in [4.69, 9.17) is 0 Å². The van der Waals surface area contributed by atoms with Crippen LogP contribution in [0.3, 0.4) is 0 Å². The fourth-order valence-electron chi connectivity index (χ4n) is 3.73. The van der Waals surface area contributed by atoms with Gasteiger partial charge in [-0.2, -0.15) is 0 Å². The Balaban J connectivity index is 2.08. The van der Waals surface area contributed by atoms with E-state index >= 15 is 0 Å². The van der Waals surface area contributed by atoms with Crippen molar-refractivity contribution in [3.63, 3.8) is 0 Å². The molecule has 1 aromatic rings. The van der Waals surface area contributed by atoms with Crippen LogP contribution in [0.5, 0.6) is 0 Å². The molecule has 1 aliphatic heterocycles. The molecule has 0 radical (unpaired) electrons. The molecule has 1 aromatic carbocycles. The molecule has 2 rings (SSSR count). The zero-order valence-corrected chi connectivity index (χ0v) is 19.5. The van der Waals surface area contributed by atoms with E-state index in [1.165, 1.54) is 11.8 Å². The second kappa shape index (κ2) is 10.8. The van der Waals surface area contributed by atoms with Gasteiger partial charge in [-0.25, -0.2) is 4.39 Å². The molecular weight excluding hydrogens is 391 g/mol. The molecule has 0 saturated carbocycles. The lowest BCUT2D eigenvalue weighted by Crippen LogP contribution is -2.41. The Kier molecular flexibility index (Phi) is 8.75. The Morgan fingerprint density at radius 1 is 1.30 bits per heavy atom. The monoisotopic (exact) mass is 426 g/mol. The molecule has 2 nitrogen and oxygen atoms in total. The zero-order chi connectivity index (χ0) is 22.3. The van der Waals surface area contributed by atoms with E-state index in [2.05, 4.69) is 48.7 Å². The van der Waals surface area contributed by atoms with Gasteiger partial charge in [-0.1, -0.05) is 50.2 Å². The predicted molar refractivity (Wildman–Crippen MR) is 133 cm³/mol. The number of benzene rings is 1. The van der Waals surface area contributed by atoms with Gasteiger partial charge in [0, 0.05) is 28.8 Å². The molecule has 1 N–H and O–H groups in total. The van der Waals surface area contributed by atoms with Gasteiger partial charge in [-0.05, 0) is 86.3 Å². The first-order valence-electron chi connectivity index (χ1n) is 10.4. The van der Waals surface area contributed by atoms with Crippen LogP contribution in [-0.2, 0) is 0 Å². The number of piperidine rings is 1. The minimum absolute atomic E-state index is 0.394. The van der Waals surface area contributed by atoms with Crippen molar-refractivity contribution in [2.24, 2.45) is 5.92 Å². The van der Waals surface area contributed by atoms with Crippen LogP contribution >= 0.6 is 11.8 Å². The minimum atomic E-state index is -1.15. The van der Waals surface area contributed by atoms with Gasteiger partial charge in [0.05, 0.1) is 0 Å². The fraction of sp³-hybridized carbons (Fsp3) is 0.385. The number of hydrogen-bond donors (Lipinski definition) is 1. The number of halogens is 1. The van der Waals surface area contributed by atoms with Gasteiger partial charge >= 0.3 is 0 Å². The normalized spacial score (nSPS) is 17.1. The summed E-state index contributed by atoms with van der Waals surface area (Å²) in [6.45, 7) is 23.9. The van der Waals surface area contributed by atoms with Crippen LogP contribution < -0.4 is 15.8 Å². The predicted octanol–water partition coefficient (Wildman–Crippen LogP) is 5.60. The van der Waals surface area contributed by atoms with Gasteiger partial charge in [0.1, 0.15) is 5.67 Å². The zero-order valence-electron chi connectivity index (χ0n) is 18.6. The summed E-state index contributed by atoms with van der Waals surface area (Å²) in [4.78, 5) is 3.17. The van der Waals surface area contributed by atoms with Gasteiger partial charge in [0.15, 0.2) is 0 Å². The third-order valence-electron chi connectivity index (χ3n) is 5.30. The molecule has 0 spiro atoms. The number of hydrogen-bond acceptors (Lipinski definition) is 3. The van der Waals surface area contributed by atoms with Crippen molar-refractivity contribution in [1.29, 1.82) is 0 Å². The van der Waals surface area contributed by atoms with Crippen molar-refractivity contribution < 1.29 is 4.39 Å². The van der Waals surface area contributed by atoms with E-state index in [0.717, 1.165) is 58.2 Å². The van der Waals surface area contributed by atoms with Crippen LogP contribution in [0.2, 0.25) is 0 Å². The number of anilines is 1. The summed E-state index contributed by atoms with van der Waals surface area (Å²) in [6.07, 6.45) is 6.14. The highest BCUT2D eigenvalue weighted by molar-refractivity contribution is 8.06. The Labute approximate surface area is 185 Å². The van der Waals surface area contributed by atoms with Crippen molar-refractivity contribution in [3.8, 4) is 0 Å². The van der Waals surface area contributed by atoms with Gasteiger partial charge in [-0.3, -0.25) is 0 Å². The highest BCUT2D eigenvalue weighted by Gasteiger charge is 2.26. The van der Waals surface area contributed by atoms with Crippen molar-refractivity contribution in [1.82, 2.24) is 4.90 Å². The van der Waals surface area contributed by atoms with Crippen LogP contribution in [0.25, 0.3) is 12.7 Å². The maximum absolute atomic E-state index is 13.9. The molecule has 1 aliphatic rings. The average molecular weight is 427 g/mol. The Morgan fingerprint density at radius 2 is 1.97 bits per heavy atom. The van der Waals surface area contributed by atoms with Crippen molar-refractivity contribution in [3.05, 3.63) is 76.0 Å². The smallest absolute Gasteiger partial charge is 0.118 e. The molecule has 0 amide bonds. The van der Waals surface area contributed by atoms with Gasteiger partial charge in [0.2, 0.25) is 0 Å². The number of alkyl halides is 1. The fourth-order valence-corrected chi connectivity index (χ4v) is 4.24. The molecule has 1 fully saturated rings. The van der Waals surface area contributed by atoms with Crippen LogP contribution in [0.1, 0.15) is 33.6 Å². The molecule has 0 atom stereocenters. The number of allylic oxidation sites excluding steroid dienone is 3. The number of likely N-dealkylation sites (tertiary alicyclic amines) is 1. The number of thioether (sulfide) groups is 1. The summed E-state index contributed by atoms with van der Waals surface area (Å²) in [5.41, 5.74) is 1.94. The lowest BCUT2D eigenvalue weighted by atomic mass is 9.93. The molecule has 0 unspecified atom stereocenters. The van der Waals surface area contributed by atoms with E-state index in [1.807, 2.05) is 25.1 Å². The molecule has 0 bridgehead atoms. The Bertz CT molecular complexity index is 915. The number of rotatable bonds is 9. The molecular formula is C26H35FN2S. The quantitative estimate of drug-likeness (QED) is 0.518. The lowest BCUT2D eigenvalue weighted by Gasteiger charge is -2.35. The molecule has 162 valence electrons. The molecule has 1 saturated heterocycles. The average Bonchev–Trinajstić information content (AvgIpc) is 2.67. The van der Waals surface area contributed by atoms with Crippen molar-refractivity contribution in [2.45, 2.75) is 39.3 Å². The van der Waals surface area contributed by atoms with Crippen LogP contribution in [-0.4, -0.2) is 30.2 Å². The van der Waals surface area contributed by atoms with E-state index in [1.54, 1.807) is 19.3 Å². The van der Waals surface area contributed by atoms with Crippen molar-refractivity contribution in [2.75, 3.05) is 25.0 Å². The first kappa shape index (κ1) is 24.2. The Morgan fingerprint density at radius 3 is 2.53 bits per heavy atom. The summed E-state index contributed by atoms with van der Waals surface area (Å²) in [5.74, 6) is 0.394. The van der Waals surface area contributed by atoms with Gasteiger partial charge < -0.3 is 10.2 Å². The molecule has 4 heteroatoms. The number of nitrogens with one attached hydrogen (secondary N) is 1. The first-order chi connectivity index (χ1) is 14.1.